The van der Waals surface area contributed by atoms with Crippen molar-refractivity contribution in [2.24, 2.45) is 0 Å². The van der Waals surface area contributed by atoms with Gasteiger partial charge in [-0.3, -0.25) is 4.79 Å². The Morgan fingerprint density at radius 3 is 2.50 bits per heavy atom. The highest BCUT2D eigenvalue weighted by Crippen LogP contribution is 2.46. The average Bonchev–Trinajstić information content (AvgIpc) is 2.75. The molecule has 0 spiro atoms. The minimum atomic E-state index is -0.299. The van der Waals surface area contributed by atoms with Gasteiger partial charge in [0.05, 0.1) is 12.0 Å². The Kier molecular flexibility index (Phi) is 5.54. The Hall–Kier alpha value is -2.75. The van der Waals surface area contributed by atoms with Crippen molar-refractivity contribution in [1.82, 2.24) is 0 Å². The van der Waals surface area contributed by atoms with Crippen LogP contribution < -0.4 is 14.2 Å². The SMILES string of the molecule is CC(C)=CCc1cc(C2CC(=O)c3ccc4c(c3O2)CCC(C)(C)O4)cc2c1OC(C)(C)CC2. The van der Waals surface area contributed by atoms with E-state index in [1.54, 1.807) is 0 Å². The number of Topliss-reactive ketones (excluding diaryl/α,β-unsaturated/α-hetero) is 1. The molecular formula is C30H36O4. The lowest BCUT2D eigenvalue weighted by molar-refractivity contribution is 0.0765. The van der Waals surface area contributed by atoms with Gasteiger partial charge < -0.3 is 14.2 Å². The van der Waals surface area contributed by atoms with Gasteiger partial charge >= 0.3 is 0 Å². The van der Waals surface area contributed by atoms with Gasteiger partial charge in [-0.1, -0.05) is 11.6 Å². The third-order valence-corrected chi connectivity index (χ3v) is 7.25. The maximum Gasteiger partial charge on any atom is 0.170 e. The first-order valence-electron chi connectivity index (χ1n) is 12.5. The molecule has 34 heavy (non-hydrogen) atoms. The molecule has 2 aromatic rings. The first kappa shape index (κ1) is 23.0. The van der Waals surface area contributed by atoms with Gasteiger partial charge in [0.25, 0.3) is 0 Å². The zero-order chi connectivity index (χ0) is 24.3. The molecule has 5 rings (SSSR count). The van der Waals surface area contributed by atoms with Crippen LogP contribution in [-0.4, -0.2) is 17.0 Å². The number of rotatable bonds is 3. The number of fused-ring (bicyclic) bond motifs is 4. The molecule has 4 nitrogen and oxygen atoms in total. The lowest BCUT2D eigenvalue weighted by Crippen LogP contribution is -2.34. The molecule has 3 heterocycles. The van der Waals surface area contributed by atoms with Gasteiger partial charge in [-0.2, -0.15) is 0 Å². The first-order valence-corrected chi connectivity index (χ1v) is 12.5. The van der Waals surface area contributed by atoms with Crippen LogP contribution in [0.25, 0.3) is 0 Å². The summed E-state index contributed by atoms with van der Waals surface area (Å²) in [6.07, 6.45) is 6.79. The topological polar surface area (TPSA) is 44.8 Å². The van der Waals surface area contributed by atoms with Crippen LogP contribution in [-0.2, 0) is 19.3 Å². The molecule has 2 aromatic carbocycles. The van der Waals surface area contributed by atoms with Crippen LogP contribution in [0.4, 0.5) is 0 Å². The van der Waals surface area contributed by atoms with Gasteiger partial charge in [0, 0.05) is 5.56 Å². The maximum atomic E-state index is 13.2. The molecule has 4 heteroatoms. The van der Waals surface area contributed by atoms with E-state index in [4.69, 9.17) is 14.2 Å². The standard InChI is InChI=1S/C30H36O4/c1-18(2)7-8-19-15-21(16-20-11-13-30(5,6)34-27(19)20)26-17-24(31)22-9-10-25-23(28(22)32-26)12-14-29(3,4)33-25/h7,9-10,15-16,26H,8,11-14,17H2,1-6H3. The van der Waals surface area contributed by atoms with E-state index in [0.717, 1.165) is 60.5 Å². The van der Waals surface area contributed by atoms with Crippen LogP contribution in [0, 0.1) is 0 Å². The molecule has 0 fully saturated rings. The maximum absolute atomic E-state index is 13.2. The zero-order valence-electron chi connectivity index (χ0n) is 21.3. The summed E-state index contributed by atoms with van der Waals surface area (Å²) < 4.78 is 19.3. The summed E-state index contributed by atoms with van der Waals surface area (Å²) >= 11 is 0. The van der Waals surface area contributed by atoms with Crippen molar-refractivity contribution < 1.29 is 19.0 Å². The van der Waals surface area contributed by atoms with Crippen LogP contribution in [0.2, 0.25) is 0 Å². The quantitative estimate of drug-likeness (QED) is 0.458. The molecular weight excluding hydrogens is 424 g/mol. The molecule has 3 aliphatic heterocycles. The van der Waals surface area contributed by atoms with Crippen LogP contribution in [0.3, 0.4) is 0 Å². The number of ketones is 1. The van der Waals surface area contributed by atoms with E-state index in [2.05, 4.69) is 59.8 Å². The van der Waals surface area contributed by atoms with Gasteiger partial charge in [-0.25, -0.2) is 0 Å². The Morgan fingerprint density at radius 2 is 1.74 bits per heavy atom. The lowest BCUT2D eigenvalue weighted by Gasteiger charge is -2.36. The van der Waals surface area contributed by atoms with Gasteiger partial charge in [0.2, 0.25) is 0 Å². The fourth-order valence-corrected chi connectivity index (χ4v) is 5.23. The molecule has 0 amide bonds. The molecule has 0 saturated heterocycles. The highest BCUT2D eigenvalue weighted by Gasteiger charge is 2.36. The van der Waals surface area contributed by atoms with Crippen molar-refractivity contribution in [3.05, 3.63) is 63.7 Å². The lowest BCUT2D eigenvalue weighted by atomic mass is 9.86. The number of benzene rings is 2. The molecule has 180 valence electrons. The van der Waals surface area contributed by atoms with Gasteiger partial charge in [0.15, 0.2) is 5.78 Å². The second kappa shape index (κ2) is 8.18. The number of aryl methyl sites for hydroxylation is 1. The monoisotopic (exact) mass is 460 g/mol. The molecule has 0 aliphatic carbocycles. The number of ether oxygens (including phenoxy) is 3. The molecule has 3 aliphatic rings. The molecule has 1 unspecified atom stereocenters. The number of allylic oxidation sites excluding steroid dienone is 2. The van der Waals surface area contributed by atoms with Crippen molar-refractivity contribution in [3.63, 3.8) is 0 Å². The fourth-order valence-electron chi connectivity index (χ4n) is 5.23. The van der Waals surface area contributed by atoms with Crippen LogP contribution >= 0.6 is 0 Å². The fraction of sp³-hybridized carbons (Fsp3) is 0.500. The third kappa shape index (κ3) is 4.35. The predicted molar refractivity (Wildman–Crippen MR) is 134 cm³/mol. The normalized spacial score (nSPS) is 21.7. The van der Waals surface area contributed by atoms with Crippen molar-refractivity contribution >= 4 is 5.78 Å². The van der Waals surface area contributed by atoms with E-state index in [9.17, 15) is 4.79 Å². The predicted octanol–water partition coefficient (Wildman–Crippen LogP) is 7.11. The molecule has 0 saturated carbocycles. The Balaban J connectivity index is 1.54. The molecule has 0 bridgehead atoms. The largest absolute Gasteiger partial charge is 0.487 e. The molecule has 0 radical (unpaired) electrons. The Morgan fingerprint density at radius 1 is 1.00 bits per heavy atom. The number of hydrogen-bond donors (Lipinski definition) is 0. The average molecular weight is 461 g/mol. The van der Waals surface area contributed by atoms with Crippen LogP contribution in [0.15, 0.2) is 35.9 Å². The highest BCUT2D eigenvalue weighted by molar-refractivity contribution is 6.00. The van der Waals surface area contributed by atoms with Crippen LogP contribution in [0.5, 0.6) is 17.2 Å². The van der Waals surface area contributed by atoms with Gasteiger partial charge in [-0.15, -0.1) is 0 Å². The van der Waals surface area contributed by atoms with Crippen molar-refractivity contribution in [3.8, 4) is 17.2 Å². The Labute approximate surface area is 203 Å². The van der Waals surface area contributed by atoms with Crippen molar-refractivity contribution in [2.45, 2.75) is 97.4 Å². The molecule has 1 atom stereocenters. The van der Waals surface area contributed by atoms with E-state index in [1.807, 2.05) is 12.1 Å². The van der Waals surface area contributed by atoms with Crippen LogP contribution in [0.1, 0.15) is 99.5 Å². The van der Waals surface area contributed by atoms with E-state index < -0.39 is 0 Å². The highest BCUT2D eigenvalue weighted by atomic mass is 16.5. The van der Waals surface area contributed by atoms with Gasteiger partial charge in [-0.05, 0) is 115 Å². The number of carbonyl (C=O) groups is 1. The van der Waals surface area contributed by atoms with Crippen molar-refractivity contribution in [2.75, 3.05) is 0 Å². The summed E-state index contributed by atoms with van der Waals surface area (Å²) in [5.74, 6) is 2.71. The second-order valence-corrected chi connectivity index (χ2v) is 11.5. The summed E-state index contributed by atoms with van der Waals surface area (Å²) in [6.45, 7) is 12.8. The minimum Gasteiger partial charge on any atom is -0.487 e. The zero-order valence-corrected chi connectivity index (χ0v) is 21.3. The summed E-state index contributed by atoms with van der Waals surface area (Å²) in [5, 5.41) is 0. The van der Waals surface area contributed by atoms with E-state index in [-0.39, 0.29) is 23.1 Å². The molecule has 0 aromatic heterocycles. The summed E-state index contributed by atoms with van der Waals surface area (Å²) in [7, 11) is 0. The van der Waals surface area contributed by atoms with E-state index in [0.29, 0.717) is 12.0 Å². The van der Waals surface area contributed by atoms with E-state index >= 15 is 0 Å². The summed E-state index contributed by atoms with van der Waals surface area (Å²) in [4.78, 5) is 13.2. The smallest absolute Gasteiger partial charge is 0.170 e. The third-order valence-electron chi connectivity index (χ3n) is 7.25. The minimum absolute atomic E-state index is 0.139. The first-order chi connectivity index (χ1) is 16.0. The number of hydrogen-bond acceptors (Lipinski definition) is 4. The second-order valence-electron chi connectivity index (χ2n) is 11.5. The van der Waals surface area contributed by atoms with Crippen molar-refractivity contribution in [1.29, 1.82) is 0 Å². The summed E-state index contributed by atoms with van der Waals surface area (Å²) in [5.41, 5.74) is 6.07. The van der Waals surface area contributed by atoms with E-state index in [1.165, 1.54) is 16.7 Å². The molecule has 0 N–H and O–H groups in total. The summed E-state index contributed by atoms with van der Waals surface area (Å²) in [6, 6.07) is 8.20. The van der Waals surface area contributed by atoms with Gasteiger partial charge in [0.1, 0.15) is 34.6 Å². The Bertz CT molecular complexity index is 1180. The number of carbonyl (C=O) groups excluding carboxylic acids is 1.